The molecular weight excluding hydrogens is 281 g/mol. The monoisotopic (exact) mass is 304 g/mol. The number of nitrogens with zero attached hydrogens (tertiary/aromatic N) is 3. The van der Waals surface area contributed by atoms with E-state index in [-0.39, 0.29) is 0 Å². The molecule has 0 bridgehead atoms. The first-order valence-corrected chi connectivity index (χ1v) is 11.1. The molecule has 0 fully saturated rings. The first-order chi connectivity index (χ1) is 6.85. The molecule has 4 heteroatoms. The van der Waals surface area contributed by atoms with Gasteiger partial charge in [-0.25, -0.2) is 0 Å². The minimum absolute atomic E-state index is 1.27. The van der Waals surface area contributed by atoms with Gasteiger partial charge in [0.15, 0.2) is 0 Å². The fraction of sp³-hybridized carbons (Fsp3) is 1.00. The van der Waals surface area contributed by atoms with Crippen molar-refractivity contribution in [1.29, 1.82) is 0 Å². The summed E-state index contributed by atoms with van der Waals surface area (Å²) in [5.74, 6) is 0. The molecule has 14 heavy (non-hydrogen) atoms. The summed E-state index contributed by atoms with van der Waals surface area (Å²) in [4.78, 5) is 3.01. The maximum atomic E-state index is 8.46. The van der Waals surface area contributed by atoms with Crippen molar-refractivity contribution < 1.29 is 0 Å². The van der Waals surface area contributed by atoms with E-state index < -0.39 is 20.0 Å². The van der Waals surface area contributed by atoms with E-state index in [2.05, 4.69) is 22.1 Å². The van der Waals surface area contributed by atoms with Crippen LogP contribution in [0.3, 0.4) is 0 Å². The first kappa shape index (κ1) is 14.1. The van der Waals surface area contributed by atoms with Crippen molar-refractivity contribution in [3.63, 3.8) is 0 Å². The molecule has 0 aromatic carbocycles. The second kappa shape index (κ2) is 11.2. The Bertz CT molecular complexity index is 157. The van der Waals surface area contributed by atoms with Gasteiger partial charge in [0.05, 0.1) is 0 Å². The Morgan fingerprint density at radius 2 is 1.50 bits per heavy atom. The fourth-order valence-electron chi connectivity index (χ4n) is 1.45. The average molecular weight is 303 g/mol. The molecule has 0 saturated heterocycles. The van der Waals surface area contributed by atoms with Crippen LogP contribution in [0.2, 0.25) is 8.87 Å². The third-order valence-corrected chi connectivity index (χ3v) is 8.70. The summed E-state index contributed by atoms with van der Waals surface area (Å²) in [5.41, 5.74) is 8.46. The van der Waals surface area contributed by atoms with Crippen LogP contribution in [0, 0.1) is 0 Å². The Labute approximate surface area is 95.0 Å². The molecule has 0 spiro atoms. The SMILES string of the molecule is CCCC[CH2][Sn]([CH2]CCCC)[N]=[N+]=[N-]. The van der Waals surface area contributed by atoms with Crippen LogP contribution in [0.1, 0.15) is 52.4 Å². The van der Waals surface area contributed by atoms with E-state index in [0.717, 1.165) is 0 Å². The van der Waals surface area contributed by atoms with Gasteiger partial charge in [0.1, 0.15) is 0 Å². The summed E-state index contributed by atoms with van der Waals surface area (Å²) < 4.78 is 6.58. The van der Waals surface area contributed by atoms with Crippen molar-refractivity contribution in [2.24, 2.45) is 3.34 Å². The van der Waals surface area contributed by atoms with Crippen molar-refractivity contribution in [3.8, 4) is 0 Å². The van der Waals surface area contributed by atoms with Gasteiger partial charge < -0.3 is 0 Å². The van der Waals surface area contributed by atoms with E-state index in [0.29, 0.717) is 0 Å². The van der Waals surface area contributed by atoms with Crippen molar-refractivity contribution in [2.75, 3.05) is 0 Å². The van der Waals surface area contributed by atoms with E-state index in [1.54, 1.807) is 0 Å². The predicted molar refractivity (Wildman–Crippen MR) is 63.6 cm³/mol. The molecule has 81 valence electrons. The molecule has 0 heterocycles. The van der Waals surface area contributed by atoms with E-state index in [1.807, 2.05) is 0 Å². The topological polar surface area (TPSA) is 48.8 Å². The summed E-state index contributed by atoms with van der Waals surface area (Å²) in [7, 11) is 0. The van der Waals surface area contributed by atoms with Gasteiger partial charge in [0.2, 0.25) is 0 Å². The molecule has 0 aromatic rings. The summed E-state index contributed by atoms with van der Waals surface area (Å²) >= 11 is -1.64. The number of hydrogen-bond donors (Lipinski definition) is 0. The molecular formula is C10H22N3Sn. The Balaban J connectivity index is 3.60. The molecule has 0 rings (SSSR count). The summed E-state index contributed by atoms with van der Waals surface area (Å²) in [6, 6.07) is 0. The van der Waals surface area contributed by atoms with Crippen molar-refractivity contribution >= 4 is 20.0 Å². The third kappa shape index (κ3) is 8.70. The number of unbranched alkanes of at least 4 members (excludes halogenated alkanes) is 4. The molecule has 3 nitrogen and oxygen atoms in total. The number of rotatable bonds is 9. The Morgan fingerprint density at radius 3 is 1.86 bits per heavy atom. The second-order valence-corrected chi connectivity index (χ2v) is 10.3. The van der Waals surface area contributed by atoms with E-state index >= 15 is 0 Å². The molecule has 0 unspecified atom stereocenters. The zero-order chi connectivity index (χ0) is 10.6. The molecule has 0 aliphatic heterocycles. The molecule has 1 radical (unpaired) electrons. The standard InChI is InChI=1S/2C5H11.N3.Sn/c2*1-3-5-4-2;1-3-2;/h2*1,3-5H2,2H3;;/q;;-1;+1. The average Bonchev–Trinajstić information content (AvgIpc) is 2.18. The van der Waals surface area contributed by atoms with E-state index in [4.69, 9.17) is 5.53 Å². The summed E-state index contributed by atoms with van der Waals surface area (Å²) in [6.07, 6.45) is 7.72. The van der Waals surface area contributed by atoms with Crippen LogP contribution in [0.5, 0.6) is 0 Å². The van der Waals surface area contributed by atoms with Gasteiger partial charge in [0, 0.05) is 0 Å². The summed E-state index contributed by atoms with van der Waals surface area (Å²) in [5, 5.41) is 0. The van der Waals surface area contributed by atoms with Crippen molar-refractivity contribution in [3.05, 3.63) is 10.4 Å². The minimum atomic E-state index is -1.64. The van der Waals surface area contributed by atoms with Gasteiger partial charge in [-0.2, -0.15) is 0 Å². The van der Waals surface area contributed by atoms with Crippen LogP contribution in [0.4, 0.5) is 0 Å². The summed E-state index contributed by atoms with van der Waals surface area (Å²) in [6.45, 7) is 4.43. The quantitative estimate of drug-likeness (QED) is 0.195. The van der Waals surface area contributed by atoms with E-state index in [1.165, 1.54) is 47.4 Å². The number of hydrogen-bond acceptors (Lipinski definition) is 1. The van der Waals surface area contributed by atoms with Gasteiger partial charge in [0.25, 0.3) is 0 Å². The van der Waals surface area contributed by atoms with Crippen molar-refractivity contribution in [1.82, 2.24) is 0 Å². The normalized spacial score (nSPS) is 10.2. The third-order valence-electron chi connectivity index (χ3n) is 2.32. The Morgan fingerprint density at radius 1 is 1.00 bits per heavy atom. The molecule has 0 amide bonds. The first-order valence-electron chi connectivity index (χ1n) is 5.74. The predicted octanol–water partition coefficient (Wildman–Crippen LogP) is 4.67. The van der Waals surface area contributed by atoms with E-state index in [9.17, 15) is 0 Å². The zero-order valence-corrected chi connectivity index (χ0v) is 12.4. The Hall–Kier alpha value is 0.109. The zero-order valence-electron chi connectivity index (χ0n) is 9.50. The van der Waals surface area contributed by atoms with Crippen LogP contribution in [0.15, 0.2) is 3.34 Å². The second-order valence-electron chi connectivity index (χ2n) is 3.67. The van der Waals surface area contributed by atoms with Crippen LogP contribution in [0.25, 0.3) is 10.4 Å². The van der Waals surface area contributed by atoms with Crippen LogP contribution in [-0.4, -0.2) is 20.0 Å². The van der Waals surface area contributed by atoms with Crippen LogP contribution < -0.4 is 0 Å². The maximum absolute atomic E-state index is 8.46. The molecule has 0 N–H and O–H groups in total. The van der Waals surface area contributed by atoms with Crippen LogP contribution >= 0.6 is 0 Å². The van der Waals surface area contributed by atoms with Gasteiger partial charge >= 0.3 is 95.1 Å². The van der Waals surface area contributed by atoms with Gasteiger partial charge in [-0.3, -0.25) is 0 Å². The van der Waals surface area contributed by atoms with Gasteiger partial charge in [-0.05, 0) is 0 Å². The van der Waals surface area contributed by atoms with Gasteiger partial charge in [-0.1, -0.05) is 0 Å². The molecule has 0 aliphatic carbocycles. The van der Waals surface area contributed by atoms with Crippen molar-refractivity contribution in [2.45, 2.75) is 61.2 Å². The molecule has 0 aliphatic rings. The number of azide groups is 1. The molecule has 0 aromatic heterocycles. The Kier molecular flexibility index (Phi) is 11.3. The molecule has 0 atom stereocenters. The molecule has 0 saturated carbocycles. The fourth-order valence-corrected chi connectivity index (χ4v) is 6.85. The van der Waals surface area contributed by atoms with Gasteiger partial charge in [-0.15, -0.1) is 0 Å². The van der Waals surface area contributed by atoms with Crippen LogP contribution in [-0.2, 0) is 0 Å².